The van der Waals surface area contributed by atoms with Crippen molar-refractivity contribution in [2.24, 2.45) is 0 Å². The van der Waals surface area contributed by atoms with E-state index in [0.717, 1.165) is 23.9 Å². The van der Waals surface area contributed by atoms with Crippen molar-refractivity contribution < 1.29 is 0 Å². The second-order valence-corrected chi connectivity index (χ2v) is 4.99. The first kappa shape index (κ1) is 13.6. The normalized spacial score (nSPS) is 12.4. The molecular formula is C15H14ClN5. The molecule has 1 aromatic carbocycles. The van der Waals surface area contributed by atoms with Crippen LogP contribution in [0.2, 0.25) is 0 Å². The van der Waals surface area contributed by atoms with Crippen LogP contribution >= 0.6 is 12.4 Å². The van der Waals surface area contributed by atoms with Crippen molar-refractivity contribution in [1.82, 2.24) is 15.0 Å². The fourth-order valence-electron chi connectivity index (χ4n) is 2.80. The average molecular weight is 300 g/mol. The SMILES string of the molecule is Cl.Nc1nc(N)c2cc3c(nc2n1)-c1ccccc1CC3. The zero-order valence-electron chi connectivity index (χ0n) is 11.2. The zero-order valence-corrected chi connectivity index (χ0v) is 12.0. The maximum absolute atomic E-state index is 5.91. The van der Waals surface area contributed by atoms with E-state index in [1.54, 1.807) is 0 Å². The quantitative estimate of drug-likeness (QED) is 0.665. The molecule has 1 aliphatic rings. The number of nitrogens with two attached hydrogens (primary N) is 2. The molecule has 0 fully saturated rings. The Balaban J connectivity index is 0.00000132. The number of nitrogen functional groups attached to an aromatic ring is 2. The van der Waals surface area contributed by atoms with Gasteiger partial charge < -0.3 is 11.5 Å². The van der Waals surface area contributed by atoms with Crippen molar-refractivity contribution in [3.63, 3.8) is 0 Å². The van der Waals surface area contributed by atoms with Crippen LogP contribution in [0.1, 0.15) is 11.1 Å². The summed E-state index contributed by atoms with van der Waals surface area (Å²) in [5.41, 5.74) is 16.8. The van der Waals surface area contributed by atoms with E-state index in [4.69, 9.17) is 11.5 Å². The lowest BCUT2D eigenvalue weighted by atomic mass is 9.89. The van der Waals surface area contributed by atoms with E-state index in [1.165, 1.54) is 16.7 Å². The Kier molecular flexibility index (Phi) is 3.14. The van der Waals surface area contributed by atoms with E-state index < -0.39 is 0 Å². The van der Waals surface area contributed by atoms with Gasteiger partial charge in [0.2, 0.25) is 5.95 Å². The Morgan fingerprint density at radius 2 is 1.67 bits per heavy atom. The van der Waals surface area contributed by atoms with Crippen molar-refractivity contribution >= 4 is 35.2 Å². The highest BCUT2D eigenvalue weighted by atomic mass is 35.5. The highest BCUT2D eigenvalue weighted by Crippen LogP contribution is 2.34. The zero-order chi connectivity index (χ0) is 13.7. The first-order chi connectivity index (χ1) is 9.72. The second-order valence-electron chi connectivity index (χ2n) is 4.99. The van der Waals surface area contributed by atoms with Gasteiger partial charge in [0, 0.05) is 5.56 Å². The summed E-state index contributed by atoms with van der Waals surface area (Å²) >= 11 is 0. The van der Waals surface area contributed by atoms with Gasteiger partial charge in [-0.05, 0) is 30.0 Å². The highest BCUT2D eigenvalue weighted by Gasteiger charge is 2.19. The number of pyridine rings is 1. The topological polar surface area (TPSA) is 90.7 Å². The fraction of sp³-hybridized carbons (Fsp3) is 0.133. The van der Waals surface area contributed by atoms with Crippen LogP contribution in [0.3, 0.4) is 0 Å². The summed E-state index contributed by atoms with van der Waals surface area (Å²) in [5, 5.41) is 0.775. The van der Waals surface area contributed by atoms with Crippen LogP contribution in [0.15, 0.2) is 30.3 Å². The summed E-state index contributed by atoms with van der Waals surface area (Å²) in [5.74, 6) is 0.549. The molecule has 106 valence electrons. The average Bonchev–Trinajstić information content (AvgIpc) is 2.45. The predicted molar refractivity (Wildman–Crippen MR) is 86.2 cm³/mol. The first-order valence-corrected chi connectivity index (χ1v) is 6.53. The number of fused-ring (bicyclic) bond motifs is 4. The number of aromatic nitrogens is 3. The number of halogens is 1. The van der Waals surface area contributed by atoms with Crippen LogP contribution in [0.4, 0.5) is 11.8 Å². The van der Waals surface area contributed by atoms with E-state index >= 15 is 0 Å². The van der Waals surface area contributed by atoms with Gasteiger partial charge in [-0.1, -0.05) is 24.3 Å². The lowest BCUT2D eigenvalue weighted by Crippen LogP contribution is -2.08. The summed E-state index contributed by atoms with van der Waals surface area (Å²) in [6.45, 7) is 0. The van der Waals surface area contributed by atoms with Gasteiger partial charge in [-0.15, -0.1) is 12.4 Å². The second kappa shape index (κ2) is 4.86. The first-order valence-electron chi connectivity index (χ1n) is 6.53. The number of hydrogen-bond acceptors (Lipinski definition) is 5. The van der Waals surface area contributed by atoms with E-state index in [1.807, 2.05) is 12.1 Å². The van der Waals surface area contributed by atoms with Crippen molar-refractivity contribution in [3.8, 4) is 11.3 Å². The van der Waals surface area contributed by atoms with E-state index in [9.17, 15) is 0 Å². The van der Waals surface area contributed by atoms with Crippen molar-refractivity contribution in [3.05, 3.63) is 41.5 Å². The van der Waals surface area contributed by atoms with E-state index in [2.05, 4.69) is 33.2 Å². The Morgan fingerprint density at radius 1 is 0.905 bits per heavy atom. The third-order valence-electron chi connectivity index (χ3n) is 3.75. The van der Waals surface area contributed by atoms with Crippen LogP contribution in [0.5, 0.6) is 0 Å². The lowest BCUT2D eigenvalue weighted by Gasteiger charge is -2.19. The van der Waals surface area contributed by atoms with Gasteiger partial charge in [0.1, 0.15) is 5.82 Å². The van der Waals surface area contributed by atoms with Gasteiger partial charge in [0.15, 0.2) is 5.65 Å². The maximum atomic E-state index is 5.91. The monoisotopic (exact) mass is 299 g/mol. The minimum Gasteiger partial charge on any atom is -0.383 e. The van der Waals surface area contributed by atoms with Crippen LogP contribution < -0.4 is 11.5 Å². The summed E-state index contributed by atoms with van der Waals surface area (Å²) in [6, 6.07) is 10.4. The van der Waals surface area contributed by atoms with Gasteiger partial charge in [-0.2, -0.15) is 9.97 Å². The molecule has 3 aromatic rings. The van der Waals surface area contributed by atoms with Gasteiger partial charge in [-0.3, -0.25) is 0 Å². The number of anilines is 2. The molecule has 2 aromatic heterocycles. The predicted octanol–water partition coefficient (Wildman–Crippen LogP) is 2.38. The highest BCUT2D eigenvalue weighted by molar-refractivity contribution is 5.89. The molecular weight excluding hydrogens is 286 g/mol. The number of nitrogens with zero attached hydrogens (tertiary/aromatic N) is 3. The lowest BCUT2D eigenvalue weighted by molar-refractivity contribution is 0.931. The van der Waals surface area contributed by atoms with Crippen LogP contribution in [0, 0.1) is 0 Å². The van der Waals surface area contributed by atoms with Crippen molar-refractivity contribution in [1.29, 1.82) is 0 Å². The number of benzene rings is 1. The molecule has 6 heteroatoms. The maximum Gasteiger partial charge on any atom is 0.224 e. The summed E-state index contributed by atoms with van der Waals surface area (Å²) < 4.78 is 0. The minimum absolute atomic E-state index is 0. The third kappa shape index (κ3) is 2.06. The summed E-state index contributed by atoms with van der Waals surface area (Å²) in [4.78, 5) is 12.9. The molecule has 2 heterocycles. The van der Waals surface area contributed by atoms with Gasteiger partial charge in [-0.25, -0.2) is 4.98 Å². The molecule has 5 nitrogen and oxygen atoms in total. The van der Waals surface area contributed by atoms with E-state index in [0.29, 0.717) is 11.5 Å². The molecule has 1 aliphatic carbocycles. The largest absolute Gasteiger partial charge is 0.383 e. The summed E-state index contributed by atoms with van der Waals surface area (Å²) in [6.07, 6.45) is 1.98. The molecule has 4 rings (SSSR count). The van der Waals surface area contributed by atoms with E-state index in [-0.39, 0.29) is 18.4 Å². The number of hydrogen-bond donors (Lipinski definition) is 2. The molecule has 0 radical (unpaired) electrons. The molecule has 0 bridgehead atoms. The Hall–Kier alpha value is -2.40. The summed E-state index contributed by atoms with van der Waals surface area (Å²) in [7, 11) is 0. The smallest absolute Gasteiger partial charge is 0.224 e. The van der Waals surface area contributed by atoms with Gasteiger partial charge >= 0.3 is 0 Å². The Bertz CT molecular complexity index is 847. The van der Waals surface area contributed by atoms with Gasteiger partial charge in [0.25, 0.3) is 0 Å². The molecule has 0 spiro atoms. The standard InChI is InChI=1S/C15H13N5.ClH/c16-13-11-7-9-6-5-8-3-1-2-4-10(8)12(9)18-14(11)20-15(17)19-13;/h1-4,7H,5-6H2,(H4,16,17,18,19,20);1H. The molecule has 21 heavy (non-hydrogen) atoms. The Labute approximate surface area is 127 Å². The van der Waals surface area contributed by atoms with Gasteiger partial charge in [0.05, 0.1) is 11.1 Å². The fourth-order valence-corrected chi connectivity index (χ4v) is 2.80. The number of rotatable bonds is 0. The molecule has 0 amide bonds. The molecule has 0 saturated carbocycles. The molecule has 0 atom stereocenters. The molecule has 0 aliphatic heterocycles. The van der Waals surface area contributed by atoms with Crippen LogP contribution in [-0.4, -0.2) is 15.0 Å². The van der Waals surface area contributed by atoms with Crippen molar-refractivity contribution in [2.75, 3.05) is 11.5 Å². The molecule has 0 unspecified atom stereocenters. The molecule has 4 N–H and O–H groups in total. The van der Waals surface area contributed by atoms with Crippen molar-refractivity contribution in [2.45, 2.75) is 12.8 Å². The van der Waals surface area contributed by atoms with Crippen LogP contribution in [0.25, 0.3) is 22.3 Å². The van der Waals surface area contributed by atoms with Crippen LogP contribution in [-0.2, 0) is 12.8 Å². The Morgan fingerprint density at radius 3 is 2.52 bits per heavy atom. The third-order valence-corrected chi connectivity index (χ3v) is 3.75. The minimum atomic E-state index is 0. The molecule has 0 saturated heterocycles. The number of aryl methyl sites for hydroxylation is 2.